The van der Waals surface area contributed by atoms with Gasteiger partial charge in [-0.1, -0.05) is 0 Å². The van der Waals surface area contributed by atoms with E-state index in [-0.39, 0.29) is 5.91 Å². The Morgan fingerprint density at radius 3 is 3.04 bits per heavy atom. The summed E-state index contributed by atoms with van der Waals surface area (Å²) in [6.45, 7) is 5.02. The maximum Gasteiger partial charge on any atom is 0.228 e. The summed E-state index contributed by atoms with van der Waals surface area (Å²) < 4.78 is 0. The Labute approximate surface area is 146 Å². The number of piperidine rings is 1. The van der Waals surface area contributed by atoms with Gasteiger partial charge in [-0.2, -0.15) is 5.10 Å². The third-order valence-electron chi connectivity index (χ3n) is 4.44. The smallest absolute Gasteiger partial charge is 0.228 e. The Hall–Kier alpha value is -1.73. The minimum Gasteiger partial charge on any atom is -0.348 e. The van der Waals surface area contributed by atoms with E-state index in [0.717, 1.165) is 36.0 Å². The minimum atomic E-state index is 0.0999. The van der Waals surface area contributed by atoms with Gasteiger partial charge in [-0.3, -0.25) is 14.8 Å². The fourth-order valence-electron chi connectivity index (χ4n) is 3.11. The lowest BCUT2D eigenvalue weighted by molar-refractivity contribution is -0.127. The summed E-state index contributed by atoms with van der Waals surface area (Å²) in [6.07, 6.45) is 2.78. The van der Waals surface area contributed by atoms with Gasteiger partial charge in [-0.05, 0) is 32.4 Å². The molecule has 6 nitrogen and oxygen atoms in total. The fourth-order valence-corrected chi connectivity index (χ4v) is 3.88. The number of thiazole rings is 1. The van der Waals surface area contributed by atoms with Crippen LogP contribution in [0.2, 0.25) is 0 Å². The first kappa shape index (κ1) is 17.1. The van der Waals surface area contributed by atoms with Crippen LogP contribution in [0.4, 0.5) is 0 Å². The highest BCUT2D eigenvalue weighted by Crippen LogP contribution is 2.27. The molecule has 1 aliphatic heterocycles. The number of nitrogens with zero attached hydrogens (tertiary/aromatic N) is 4. The van der Waals surface area contributed by atoms with Gasteiger partial charge in [-0.25, -0.2) is 4.98 Å². The highest BCUT2D eigenvalue weighted by Gasteiger charge is 2.23. The van der Waals surface area contributed by atoms with Crippen molar-refractivity contribution in [2.45, 2.75) is 38.6 Å². The van der Waals surface area contributed by atoms with E-state index in [1.165, 1.54) is 18.5 Å². The lowest BCUT2D eigenvalue weighted by Crippen LogP contribution is -2.34. The van der Waals surface area contributed by atoms with Crippen LogP contribution in [0.3, 0.4) is 0 Å². The second-order valence-electron chi connectivity index (χ2n) is 6.75. The molecule has 1 atom stereocenters. The molecule has 1 N–H and O–H groups in total. The van der Waals surface area contributed by atoms with Crippen LogP contribution in [-0.4, -0.2) is 58.1 Å². The van der Waals surface area contributed by atoms with E-state index in [1.54, 1.807) is 30.3 Å². The number of aromatic nitrogens is 3. The highest BCUT2D eigenvalue weighted by molar-refractivity contribution is 7.09. The van der Waals surface area contributed by atoms with E-state index >= 15 is 0 Å². The Kier molecular flexibility index (Phi) is 5.30. The van der Waals surface area contributed by atoms with E-state index in [9.17, 15) is 4.79 Å². The van der Waals surface area contributed by atoms with E-state index in [4.69, 9.17) is 0 Å². The molecule has 0 bridgehead atoms. The normalized spacial score (nSPS) is 18.7. The molecular formula is C17H25N5OS. The zero-order chi connectivity index (χ0) is 17.1. The van der Waals surface area contributed by atoms with Crippen molar-refractivity contribution in [1.82, 2.24) is 25.0 Å². The number of nitrogens with one attached hydrogen (secondary N) is 1. The average Bonchev–Trinajstić information content (AvgIpc) is 3.17. The van der Waals surface area contributed by atoms with Crippen molar-refractivity contribution in [2.75, 3.05) is 27.2 Å². The van der Waals surface area contributed by atoms with Gasteiger partial charge < -0.3 is 4.90 Å². The molecular weight excluding hydrogens is 322 g/mol. The monoisotopic (exact) mass is 347 g/mol. The largest absolute Gasteiger partial charge is 0.348 e. The van der Waals surface area contributed by atoms with Crippen LogP contribution in [-0.2, 0) is 17.8 Å². The van der Waals surface area contributed by atoms with Crippen molar-refractivity contribution in [3.63, 3.8) is 0 Å². The summed E-state index contributed by atoms with van der Waals surface area (Å²) in [5.74, 6) is 0.597. The molecule has 1 fully saturated rings. The third-order valence-corrected chi connectivity index (χ3v) is 5.33. The number of amides is 1. The number of H-pyrrole nitrogens is 1. The number of aryl methyl sites for hydroxylation is 1. The Morgan fingerprint density at radius 2 is 2.33 bits per heavy atom. The summed E-state index contributed by atoms with van der Waals surface area (Å²) in [4.78, 5) is 20.5. The first-order valence-electron chi connectivity index (χ1n) is 8.39. The molecule has 7 heteroatoms. The number of likely N-dealkylation sites (N-methyl/N-ethyl adjacent to an activating group) is 1. The number of carbonyl (C=O) groups is 1. The van der Waals surface area contributed by atoms with Gasteiger partial charge in [0.25, 0.3) is 0 Å². The average molecular weight is 347 g/mol. The molecule has 1 aliphatic rings. The van der Waals surface area contributed by atoms with Crippen LogP contribution in [0, 0.1) is 6.92 Å². The Balaban J connectivity index is 1.57. The summed E-state index contributed by atoms with van der Waals surface area (Å²) in [5, 5.41) is 10.5. The summed E-state index contributed by atoms with van der Waals surface area (Å²) in [6, 6.07) is 2.15. The second-order valence-corrected chi connectivity index (χ2v) is 7.69. The summed E-state index contributed by atoms with van der Waals surface area (Å²) in [7, 11) is 3.56. The van der Waals surface area contributed by atoms with Crippen molar-refractivity contribution in [3.05, 3.63) is 33.5 Å². The summed E-state index contributed by atoms with van der Waals surface area (Å²) in [5.41, 5.74) is 3.37. The van der Waals surface area contributed by atoms with Gasteiger partial charge in [-0.15, -0.1) is 11.3 Å². The van der Waals surface area contributed by atoms with Gasteiger partial charge in [0, 0.05) is 44.2 Å². The standard InChI is InChI=1S/C17H25N5OS/c1-12-7-15(20-19-12)13-5-4-6-22(9-13)10-14-11-24-16(18-14)8-17(23)21(2)3/h7,11,13H,4-6,8-10H2,1-3H3,(H,19,20)/t13-/m0/s1. The van der Waals surface area contributed by atoms with Gasteiger partial charge in [0.2, 0.25) is 5.91 Å². The second kappa shape index (κ2) is 7.44. The molecule has 130 valence electrons. The predicted molar refractivity (Wildman–Crippen MR) is 95.1 cm³/mol. The first-order chi connectivity index (χ1) is 11.5. The molecule has 24 heavy (non-hydrogen) atoms. The Bertz CT molecular complexity index is 693. The third kappa shape index (κ3) is 4.21. The number of rotatable bonds is 5. The van der Waals surface area contributed by atoms with Crippen molar-refractivity contribution in [3.8, 4) is 0 Å². The maximum absolute atomic E-state index is 11.8. The molecule has 3 rings (SSSR count). The van der Waals surface area contributed by atoms with Crippen molar-refractivity contribution in [2.24, 2.45) is 0 Å². The fraction of sp³-hybridized carbons (Fsp3) is 0.588. The van der Waals surface area contributed by atoms with Crippen LogP contribution < -0.4 is 0 Å². The molecule has 0 aromatic carbocycles. The number of hydrogen-bond donors (Lipinski definition) is 1. The van der Waals surface area contributed by atoms with E-state index in [1.807, 2.05) is 6.92 Å². The van der Waals surface area contributed by atoms with Crippen LogP contribution >= 0.6 is 11.3 Å². The summed E-state index contributed by atoms with van der Waals surface area (Å²) >= 11 is 1.58. The quantitative estimate of drug-likeness (QED) is 0.900. The van der Waals surface area contributed by atoms with E-state index in [2.05, 4.69) is 31.5 Å². The predicted octanol–water partition coefficient (Wildman–Crippen LogP) is 2.18. The molecule has 2 aromatic heterocycles. The number of likely N-dealkylation sites (tertiary alicyclic amines) is 1. The number of aromatic amines is 1. The minimum absolute atomic E-state index is 0.0999. The molecule has 0 spiro atoms. The van der Waals surface area contributed by atoms with Gasteiger partial charge in [0.05, 0.1) is 17.8 Å². The highest BCUT2D eigenvalue weighted by atomic mass is 32.1. The number of carbonyl (C=O) groups excluding carboxylic acids is 1. The van der Waals surface area contributed by atoms with Crippen molar-refractivity contribution < 1.29 is 4.79 Å². The zero-order valence-corrected chi connectivity index (χ0v) is 15.4. The first-order valence-corrected chi connectivity index (χ1v) is 9.27. The zero-order valence-electron chi connectivity index (χ0n) is 14.6. The van der Waals surface area contributed by atoms with E-state index in [0.29, 0.717) is 12.3 Å². The lowest BCUT2D eigenvalue weighted by atomic mass is 9.94. The topological polar surface area (TPSA) is 65.1 Å². The van der Waals surface area contributed by atoms with Crippen LogP contribution in [0.25, 0.3) is 0 Å². The Morgan fingerprint density at radius 1 is 1.50 bits per heavy atom. The van der Waals surface area contributed by atoms with Crippen molar-refractivity contribution >= 4 is 17.2 Å². The van der Waals surface area contributed by atoms with Gasteiger partial charge in [0.15, 0.2) is 0 Å². The van der Waals surface area contributed by atoms with E-state index < -0.39 is 0 Å². The van der Waals surface area contributed by atoms with Gasteiger partial charge >= 0.3 is 0 Å². The molecule has 2 aromatic rings. The molecule has 0 unspecified atom stereocenters. The SMILES string of the molecule is Cc1cc([C@H]2CCCN(Cc3csc(CC(=O)N(C)C)n3)C2)n[nH]1. The maximum atomic E-state index is 11.8. The molecule has 0 saturated carbocycles. The molecule has 3 heterocycles. The van der Waals surface area contributed by atoms with Crippen LogP contribution in [0.15, 0.2) is 11.4 Å². The number of hydrogen-bond acceptors (Lipinski definition) is 5. The van der Waals surface area contributed by atoms with Crippen molar-refractivity contribution in [1.29, 1.82) is 0 Å². The molecule has 1 saturated heterocycles. The molecule has 0 radical (unpaired) electrons. The van der Waals surface area contributed by atoms with Gasteiger partial charge in [0.1, 0.15) is 5.01 Å². The molecule has 0 aliphatic carbocycles. The van der Waals surface area contributed by atoms with Crippen LogP contribution in [0.5, 0.6) is 0 Å². The van der Waals surface area contributed by atoms with Crippen LogP contribution in [0.1, 0.15) is 40.8 Å². The lowest BCUT2D eigenvalue weighted by Gasteiger charge is -2.31. The molecule has 1 amide bonds.